The van der Waals surface area contributed by atoms with Crippen LogP contribution in [-0.4, -0.2) is 39.7 Å². The van der Waals surface area contributed by atoms with E-state index >= 15 is 0 Å². The van der Waals surface area contributed by atoms with Crippen LogP contribution in [0.4, 0.5) is 5.69 Å². The van der Waals surface area contributed by atoms with Gasteiger partial charge in [-0.25, -0.2) is 4.79 Å². The van der Waals surface area contributed by atoms with E-state index in [1.54, 1.807) is 0 Å². The van der Waals surface area contributed by atoms with E-state index in [0.717, 1.165) is 6.07 Å². The number of carboxylic acids is 1. The van der Waals surface area contributed by atoms with Crippen LogP contribution in [0.3, 0.4) is 0 Å². The summed E-state index contributed by atoms with van der Waals surface area (Å²) in [7, 11) is 0. The Morgan fingerprint density at radius 3 is 2.55 bits per heavy atom. The molecule has 0 radical (unpaired) electrons. The first-order chi connectivity index (χ1) is 9.35. The number of aliphatic hydroxyl groups is 1. The summed E-state index contributed by atoms with van der Waals surface area (Å²) in [6, 6.07) is 2.34. The van der Waals surface area contributed by atoms with Gasteiger partial charge in [0.2, 0.25) is 0 Å². The number of hydrogen-bond acceptors (Lipinski definition) is 5. The summed E-state index contributed by atoms with van der Waals surface area (Å²) in [5.74, 6) is -2.06. The van der Waals surface area contributed by atoms with Gasteiger partial charge in [0.25, 0.3) is 11.6 Å². The van der Waals surface area contributed by atoms with Gasteiger partial charge in [-0.1, -0.05) is 15.9 Å². The maximum Gasteiger partial charge on any atom is 0.326 e. The molecule has 1 atom stereocenters. The molecule has 1 aromatic carbocycles. The number of nitrogens with one attached hydrogen (secondary N) is 1. The van der Waals surface area contributed by atoms with Crippen LogP contribution < -0.4 is 5.32 Å². The lowest BCUT2D eigenvalue weighted by Crippen LogP contribution is -2.41. The fourth-order valence-corrected chi connectivity index (χ4v) is 1.92. The average Bonchev–Trinajstić information content (AvgIpc) is 2.37. The van der Waals surface area contributed by atoms with E-state index in [4.69, 9.17) is 10.2 Å². The average molecular weight is 347 g/mol. The molecule has 0 fully saturated rings. The smallest absolute Gasteiger partial charge is 0.326 e. The SMILES string of the molecule is O=C(N[C@@H](CCO)C(=O)O)c1cc(Br)cc([N+](=O)[O-])c1. The lowest BCUT2D eigenvalue weighted by molar-refractivity contribution is -0.385. The summed E-state index contributed by atoms with van der Waals surface area (Å²) in [6.45, 7) is -0.407. The lowest BCUT2D eigenvalue weighted by Gasteiger charge is -2.13. The Labute approximate surface area is 121 Å². The van der Waals surface area contributed by atoms with Crippen molar-refractivity contribution in [3.63, 3.8) is 0 Å². The Balaban J connectivity index is 2.97. The first kappa shape index (κ1) is 16.1. The van der Waals surface area contributed by atoms with E-state index in [1.165, 1.54) is 12.1 Å². The van der Waals surface area contributed by atoms with E-state index in [1.807, 2.05) is 0 Å². The second-order valence-electron chi connectivity index (χ2n) is 3.83. The van der Waals surface area contributed by atoms with Crippen molar-refractivity contribution in [3.8, 4) is 0 Å². The fraction of sp³-hybridized carbons (Fsp3) is 0.273. The monoisotopic (exact) mass is 346 g/mol. The number of halogens is 1. The quantitative estimate of drug-likeness (QED) is 0.518. The van der Waals surface area contributed by atoms with Gasteiger partial charge in [0.05, 0.1) is 4.92 Å². The second kappa shape index (κ2) is 6.96. The van der Waals surface area contributed by atoms with Crippen LogP contribution in [0.2, 0.25) is 0 Å². The molecule has 108 valence electrons. The van der Waals surface area contributed by atoms with E-state index in [9.17, 15) is 19.7 Å². The Kier molecular flexibility index (Phi) is 5.59. The molecule has 1 aromatic rings. The fourth-order valence-electron chi connectivity index (χ4n) is 1.44. The number of rotatable bonds is 6. The van der Waals surface area contributed by atoms with E-state index < -0.39 is 29.4 Å². The van der Waals surface area contributed by atoms with Gasteiger partial charge in [0.1, 0.15) is 6.04 Å². The number of non-ortho nitro benzene ring substituents is 1. The third-order valence-corrected chi connectivity index (χ3v) is 2.83. The van der Waals surface area contributed by atoms with Gasteiger partial charge in [0.15, 0.2) is 0 Å². The first-order valence-corrected chi connectivity index (χ1v) is 6.24. The minimum Gasteiger partial charge on any atom is -0.480 e. The van der Waals surface area contributed by atoms with E-state index in [0.29, 0.717) is 4.47 Å². The summed E-state index contributed by atoms with van der Waals surface area (Å²) in [5, 5.41) is 30.4. The van der Waals surface area contributed by atoms with E-state index in [2.05, 4.69) is 21.2 Å². The van der Waals surface area contributed by atoms with Gasteiger partial charge < -0.3 is 15.5 Å². The first-order valence-electron chi connectivity index (χ1n) is 5.44. The topological polar surface area (TPSA) is 130 Å². The second-order valence-corrected chi connectivity index (χ2v) is 4.75. The molecule has 0 aliphatic heterocycles. The minimum absolute atomic E-state index is 0.0461. The molecule has 3 N–H and O–H groups in total. The zero-order valence-electron chi connectivity index (χ0n) is 10.1. The maximum absolute atomic E-state index is 11.9. The summed E-state index contributed by atoms with van der Waals surface area (Å²) in [4.78, 5) is 32.7. The highest BCUT2D eigenvalue weighted by Crippen LogP contribution is 2.21. The van der Waals surface area contributed by atoms with Crippen molar-refractivity contribution < 1.29 is 24.7 Å². The molecule has 0 aromatic heterocycles. The minimum atomic E-state index is -1.29. The molecule has 0 spiro atoms. The van der Waals surface area contributed by atoms with Gasteiger partial charge in [-0.2, -0.15) is 0 Å². The van der Waals surface area contributed by atoms with Crippen LogP contribution >= 0.6 is 15.9 Å². The molecule has 1 amide bonds. The number of carbonyl (C=O) groups excluding carboxylic acids is 1. The molecule has 0 unspecified atom stereocenters. The molecular formula is C11H11BrN2O6. The molecule has 0 saturated carbocycles. The number of aliphatic hydroxyl groups excluding tert-OH is 1. The van der Waals surface area contributed by atoms with Crippen molar-refractivity contribution in [3.05, 3.63) is 38.3 Å². The van der Waals surface area contributed by atoms with Gasteiger partial charge >= 0.3 is 5.97 Å². The Morgan fingerprint density at radius 1 is 1.40 bits per heavy atom. The number of nitro groups is 1. The van der Waals surface area contributed by atoms with Gasteiger partial charge in [0, 0.05) is 35.2 Å². The maximum atomic E-state index is 11.9. The van der Waals surface area contributed by atoms with Crippen molar-refractivity contribution in [2.75, 3.05) is 6.61 Å². The Hall–Kier alpha value is -2.00. The van der Waals surface area contributed by atoms with Crippen LogP contribution in [0.5, 0.6) is 0 Å². The molecule has 0 aliphatic carbocycles. The van der Waals surface area contributed by atoms with Crippen molar-refractivity contribution >= 4 is 33.5 Å². The highest BCUT2D eigenvalue weighted by Gasteiger charge is 2.21. The molecular weight excluding hydrogens is 336 g/mol. The molecule has 20 heavy (non-hydrogen) atoms. The van der Waals surface area contributed by atoms with Gasteiger partial charge in [-0.05, 0) is 6.07 Å². The molecule has 0 bridgehead atoms. The predicted octanol–water partition coefficient (Wildman–Crippen LogP) is 0.923. The van der Waals surface area contributed by atoms with Crippen molar-refractivity contribution in [2.45, 2.75) is 12.5 Å². The summed E-state index contributed by atoms with van der Waals surface area (Å²) in [5.41, 5.74) is -0.339. The summed E-state index contributed by atoms with van der Waals surface area (Å²) < 4.78 is 0.325. The van der Waals surface area contributed by atoms with Gasteiger partial charge in [-0.3, -0.25) is 14.9 Å². The molecule has 1 rings (SSSR count). The third kappa shape index (κ3) is 4.28. The highest BCUT2D eigenvalue weighted by molar-refractivity contribution is 9.10. The molecule has 8 nitrogen and oxygen atoms in total. The van der Waals surface area contributed by atoms with Crippen molar-refractivity contribution in [2.24, 2.45) is 0 Å². The number of amides is 1. The number of nitrogens with zero attached hydrogens (tertiary/aromatic N) is 1. The largest absolute Gasteiger partial charge is 0.480 e. The Morgan fingerprint density at radius 2 is 2.05 bits per heavy atom. The molecule has 0 heterocycles. The number of carboxylic acid groups (broad SMARTS) is 1. The van der Waals surface area contributed by atoms with E-state index in [-0.39, 0.29) is 17.7 Å². The van der Waals surface area contributed by atoms with Crippen LogP contribution in [0.1, 0.15) is 16.8 Å². The van der Waals surface area contributed by atoms with Gasteiger partial charge in [-0.15, -0.1) is 0 Å². The third-order valence-electron chi connectivity index (χ3n) is 2.38. The summed E-state index contributed by atoms with van der Waals surface area (Å²) >= 11 is 3.03. The zero-order valence-corrected chi connectivity index (χ0v) is 11.7. The van der Waals surface area contributed by atoms with Crippen LogP contribution in [-0.2, 0) is 4.79 Å². The molecule has 9 heteroatoms. The summed E-state index contributed by atoms with van der Waals surface area (Å²) in [6.07, 6.45) is -0.156. The number of aliphatic carboxylic acids is 1. The number of hydrogen-bond donors (Lipinski definition) is 3. The number of carbonyl (C=O) groups is 2. The highest BCUT2D eigenvalue weighted by atomic mass is 79.9. The van der Waals surface area contributed by atoms with Crippen molar-refractivity contribution in [1.82, 2.24) is 5.32 Å². The van der Waals surface area contributed by atoms with Crippen LogP contribution in [0.15, 0.2) is 22.7 Å². The lowest BCUT2D eigenvalue weighted by atomic mass is 10.1. The normalized spacial score (nSPS) is 11.7. The molecule has 0 aliphatic rings. The zero-order chi connectivity index (χ0) is 15.3. The number of benzene rings is 1. The van der Waals surface area contributed by atoms with Crippen LogP contribution in [0, 0.1) is 10.1 Å². The predicted molar refractivity (Wildman–Crippen MR) is 71.4 cm³/mol. The Bertz CT molecular complexity index is 548. The number of nitro benzene ring substituents is 1. The molecule has 0 saturated heterocycles. The van der Waals surface area contributed by atoms with Crippen LogP contribution in [0.25, 0.3) is 0 Å². The van der Waals surface area contributed by atoms with Crippen molar-refractivity contribution in [1.29, 1.82) is 0 Å². The standard InChI is InChI=1S/C11H11BrN2O6/c12-7-3-6(4-8(5-7)14(19)20)10(16)13-9(1-2-15)11(17)18/h3-5,9,15H,1-2H2,(H,13,16)(H,17,18)/t9-/m0/s1.